The van der Waals surface area contributed by atoms with Gasteiger partial charge in [-0.2, -0.15) is 0 Å². The van der Waals surface area contributed by atoms with Crippen LogP contribution in [0.4, 0.5) is 10.6 Å². The van der Waals surface area contributed by atoms with Gasteiger partial charge in [0.15, 0.2) is 5.82 Å². The molecule has 2 aliphatic rings. The normalized spacial score (nSPS) is 15.8. The second-order valence-electron chi connectivity index (χ2n) is 19.6. The summed E-state index contributed by atoms with van der Waals surface area (Å²) in [5.41, 5.74) is 2.75. The van der Waals surface area contributed by atoms with E-state index in [2.05, 4.69) is 53.9 Å². The summed E-state index contributed by atoms with van der Waals surface area (Å²) in [6, 6.07) is 2.38. The molecule has 2 fully saturated rings. The SMILES string of the molecule is CCCCc1nc2c(NC(C)(C)C)nc3cc(C4CCN(CCOCCOCCOCCOCCOCCOCCOCCOCCNC(=O)OC(C)(C)C)CC4)sc3c2n1CC1CCOCC1. The first-order valence-electron chi connectivity index (χ1n) is 25.4. The highest BCUT2D eigenvalue weighted by Gasteiger charge is 2.28. The molecule has 3 aromatic rings. The maximum absolute atomic E-state index is 11.6. The second-order valence-corrected chi connectivity index (χ2v) is 20.7. The van der Waals surface area contributed by atoms with Crippen molar-refractivity contribution in [3.8, 4) is 0 Å². The van der Waals surface area contributed by atoms with E-state index in [1.54, 1.807) is 0 Å². The Hall–Kier alpha value is -2.75. The number of fused-ring (bicyclic) bond motifs is 3. The number of likely N-dealkylation sites (tertiary alicyclic amines) is 1. The zero-order valence-corrected chi connectivity index (χ0v) is 43.4. The number of aryl methyl sites for hydroxylation is 1. The van der Waals surface area contributed by atoms with Crippen LogP contribution in [0.3, 0.4) is 0 Å². The molecule has 18 heteroatoms. The standard InChI is InChI=1S/C50H86N6O11S/c1-8-9-10-43-53-44-45(56(43)38-39-13-19-58-20-14-39)46-41(52-47(44)54-49(2,3)4)37-42(68-46)40-11-16-55(17-12-40)18-22-60-24-26-62-28-30-64-32-34-66-36-35-65-33-31-63-29-27-61-25-23-59-21-15-51-48(57)67-50(5,6)7/h37,39-40H,8-36,38H2,1-7H3,(H,51,57)(H,52,54). The lowest BCUT2D eigenvalue weighted by Gasteiger charge is -2.31. The number of amides is 1. The topological polar surface area (TPSA) is 167 Å². The molecule has 3 aromatic heterocycles. The van der Waals surface area contributed by atoms with Crippen molar-refractivity contribution in [1.29, 1.82) is 0 Å². The van der Waals surface area contributed by atoms with Gasteiger partial charge in [0.05, 0.1) is 121 Å². The number of thiophene rings is 1. The highest BCUT2D eigenvalue weighted by atomic mass is 32.1. The van der Waals surface area contributed by atoms with Gasteiger partial charge < -0.3 is 67.5 Å². The molecule has 0 aromatic carbocycles. The monoisotopic (exact) mass is 979 g/mol. The number of unbranched alkanes of at least 4 members (excludes halogenated alkanes) is 1. The summed E-state index contributed by atoms with van der Waals surface area (Å²) in [6.45, 7) is 28.6. The van der Waals surface area contributed by atoms with Gasteiger partial charge >= 0.3 is 6.09 Å². The quantitative estimate of drug-likeness (QED) is 0.0566. The number of anilines is 1. The Kier molecular flexibility index (Phi) is 25.5. The number of carbonyl (C=O) groups excluding carboxylic acids is 1. The second kappa shape index (κ2) is 30.9. The van der Waals surface area contributed by atoms with Crippen LogP contribution in [0.15, 0.2) is 6.07 Å². The molecule has 2 N–H and O–H groups in total. The number of aromatic nitrogens is 3. The first-order chi connectivity index (χ1) is 32.9. The first-order valence-corrected chi connectivity index (χ1v) is 26.2. The Morgan fingerprint density at radius 2 is 1.26 bits per heavy atom. The number of carbonyl (C=O) groups is 1. The molecule has 0 saturated carbocycles. The van der Waals surface area contributed by atoms with Crippen LogP contribution in [-0.4, -0.2) is 182 Å². The van der Waals surface area contributed by atoms with Gasteiger partial charge in [-0.25, -0.2) is 14.8 Å². The minimum absolute atomic E-state index is 0.127. The average molecular weight is 979 g/mol. The number of imidazole rings is 1. The summed E-state index contributed by atoms with van der Waals surface area (Å²) in [5.74, 6) is 3.24. The number of alkyl carbamates (subject to hydrolysis) is 1. The largest absolute Gasteiger partial charge is 0.444 e. The van der Waals surface area contributed by atoms with Crippen LogP contribution in [0.1, 0.15) is 104 Å². The van der Waals surface area contributed by atoms with Crippen molar-refractivity contribution in [3.63, 3.8) is 0 Å². The predicted octanol–water partition coefficient (Wildman–Crippen LogP) is 7.46. The molecule has 0 atom stereocenters. The molecule has 388 valence electrons. The van der Waals surface area contributed by atoms with Crippen LogP contribution >= 0.6 is 11.3 Å². The summed E-state index contributed by atoms with van der Waals surface area (Å²) in [5, 5.41) is 6.37. The summed E-state index contributed by atoms with van der Waals surface area (Å²) in [6.07, 6.45) is 7.31. The fraction of sp³-hybridized carbons (Fsp3) is 0.820. The zero-order valence-electron chi connectivity index (χ0n) is 42.6. The summed E-state index contributed by atoms with van der Waals surface area (Å²) in [4.78, 5) is 26.2. The van der Waals surface area contributed by atoms with Crippen LogP contribution in [0.2, 0.25) is 0 Å². The molecule has 0 spiro atoms. The number of nitrogens with zero attached hydrogens (tertiary/aromatic N) is 4. The fourth-order valence-electron chi connectivity index (χ4n) is 8.09. The number of nitrogens with one attached hydrogen (secondary N) is 2. The molecule has 68 heavy (non-hydrogen) atoms. The van der Waals surface area contributed by atoms with Crippen molar-refractivity contribution in [1.82, 2.24) is 24.8 Å². The molecule has 5 heterocycles. The molecule has 2 saturated heterocycles. The Morgan fingerprint density at radius 3 is 1.78 bits per heavy atom. The molecular weight excluding hydrogens is 893 g/mol. The van der Waals surface area contributed by atoms with E-state index in [0.29, 0.717) is 124 Å². The van der Waals surface area contributed by atoms with Gasteiger partial charge in [0.25, 0.3) is 0 Å². The molecule has 0 unspecified atom stereocenters. The number of piperidine rings is 1. The van der Waals surface area contributed by atoms with E-state index < -0.39 is 11.7 Å². The van der Waals surface area contributed by atoms with Crippen molar-refractivity contribution >= 4 is 44.5 Å². The molecule has 1 amide bonds. The number of hydrogen-bond acceptors (Lipinski definition) is 16. The number of pyridine rings is 1. The van der Waals surface area contributed by atoms with Gasteiger partial charge in [-0.15, -0.1) is 11.3 Å². The lowest BCUT2D eigenvalue weighted by atomic mass is 9.95. The molecule has 5 rings (SSSR count). The van der Waals surface area contributed by atoms with E-state index in [4.69, 9.17) is 57.3 Å². The third kappa shape index (κ3) is 21.3. The maximum Gasteiger partial charge on any atom is 0.407 e. The average Bonchev–Trinajstić information content (AvgIpc) is 3.89. The zero-order chi connectivity index (χ0) is 48.5. The molecule has 2 aliphatic heterocycles. The smallest absolute Gasteiger partial charge is 0.407 e. The number of ether oxygens (including phenoxy) is 10. The Morgan fingerprint density at radius 1 is 0.735 bits per heavy atom. The molecule has 0 radical (unpaired) electrons. The van der Waals surface area contributed by atoms with Crippen LogP contribution in [0.25, 0.3) is 21.3 Å². The summed E-state index contributed by atoms with van der Waals surface area (Å²) in [7, 11) is 0. The lowest BCUT2D eigenvalue weighted by Crippen LogP contribution is -2.35. The van der Waals surface area contributed by atoms with E-state index in [0.717, 1.165) is 101 Å². The molecule has 17 nitrogen and oxygen atoms in total. The Bertz CT molecular complexity index is 1840. The van der Waals surface area contributed by atoms with E-state index in [1.807, 2.05) is 32.1 Å². The third-order valence-corrected chi connectivity index (χ3v) is 12.8. The molecule has 0 bridgehead atoms. The third-order valence-electron chi connectivity index (χ3n) is 11.5. The van der Waals surface area contributed by atoms with Gasteiger partial charge in [0.2, 0.25) is 0 Å². The van der Waals surface area contributed by atoms with Crippen molar-refractivity contribution in [2.24, 2.45) is 5.92 Å². The number of hydrogen-bond donors (Lipinski definition) is 2. The molecular formula is C50H86N6O11S. The van der Waals surface area contributed by atoms with Crippen LogP contribution in [0, 0.1) is 5.92 Å². The van der Waals surface area contributed by atoms with E-state index >= 15 is 0 Å². The van der Waals surface area contributed by atoms with Gasteiger partial charge in [0.1, 0.15) is 16.9 Å². The van der Waals surface area contributed by atoms with Crippen LogP contribution < -0.4 is 10.6 Å². The Balaban J connectivity index is 0.850. The number of rotatable bonds is 34. The van der Waals surface area contributed by atoms with E-state index in [1.165, 1.54) is 20.9 Å². The van der Waals surface area contributed by atoms with Crippen molar-refractivity contribution < 1.29 is 52.2 Å². The fourth-order valence-corrected chi connectivity index (χ4v) is 9.41. The summed E-state index contributed by atoms with van der Waals surface area (Å²) >= 11 is 1.95. The minimum Gasteiger partial charge on any atom is -0.444 e. The predicted molar refractivity (Wildman–Crippen MR) is 268 cm³/mol. The van der Waals surface area contributed by atoms with Crippen molar-refractivity contribution in [2.75, 3.05) is 150 Å². The minimum atomic E-state index is -0.514. The van der Waals surface area contributed by atoms with Gasteiger partial charge in [0, 0.05) is 49.7 Å². The lowest BCUT2D eigenvalue weighted by molar-refractivity contribution is -0.0235. The maximum atomic E-state index is 11.6. The van der Waals surface area contributed by atoms with Gasteiger partial charge in [-0.05, 0) is 105 Å². The summed E-state index contributed by atoms with van der Waals surface area (Å²) < 4.78 is 59.6. The highest BCUT2D eigenvalue weighted by Crippen LogP contribution is 2.41. The first kappa shape index (κ1) is 56.2. The van der Waals surface area contributed by atoms with Gasteiger partial charge in [-0.1, -0.05) is 13.3 Å². The van der Waals surface area contributed by atoms with Crippen molar-refractivity contribution in [3.05, 3.63) is 16.8 Å². The van der Waals surface area contributed by atoms with Gasteiger partial charge in [-0.3, -0.25) is 0 Å². The van der Waals surface area contributed by atoms with Crippen LogP contribution in [-0.2, 0) is 60.3 Å². The Labute approximate surface area is 410 Å². The van der Waals surface area contributed by atoms with E-state index in [9.17, 15) is 4.79 Å². The van der Waals surface area contributed by atoms with E-state index in [-0.39, 0.29) is 5.54 Å². The van der Waals surface area contributed by atoms with Crippen LogP contribution in [0.5, 0.6) is 0 Å². The highest BCUT2D eigenvalue weighted by molar-refractivity contribution is 7.20. The molecule has 0 aliphatic carbocycles. The van der Waals surface area contributed by atoms with Crippen molar-refractivity contribution in [2.45, 2.75) is 117 Å².